The maximum absolute atomic E-state index is 5.45. The molecule has 2 unspecified atom stereocenters. The van der Waals surface area contributed by atoms with Crippen LogP contribution in [0.3, 0.4) is 0 Å². The van der Waals surface area contributed by atoms with Crippen molar-refractivity contribution in [2.24, 2.45) is 17.6 Å². The molecule has 1 heterocycles. The van der Waals surface area contributed by atoms with Gasteiger partial charge in [0.15, 0.2) is 0 Å². The van der Waals surface area contributed by atoms with Crippen LogP contribution in [0.1, 0.15) is 45.4 Å². The summed E-state index contributed by atoms with van der Waals surface area (Å²) >= 11 is 0. The van der Waals surface area contributed by atoms with Crippen molar-refractivity contribution in [2.45, 2.75) is 52.1 Å². The molecule has 5 nitrogen and oxygen atoms in total. The van der Waals surface area contributed by atoms with E-state index in [1.807, 2.05) is 0 Å². The lowest BCUT2D eigenvalue weighted by Gasteiger charge is -2.34. The Labute approximate surface area is 102 Å². The lowest BCUT2D eigenvalue weighted by atomic mass is 9.78. The highest BCUT2D eigenvalue weighted by atomic mass is 16.4. The van der Waals surface area contributed by atoms with Crippen LogP contribution in [0.2, 0.25) is 0 Å². The molecule has 1 aromatic heterocycles. The molecule has 3 N–H and O–H groups in total. The Bertz CT molecular complexity index is 350. The van der Waals surface area contributed by atoms with E-state index in [9.17, 15) is 0 Å². The van der Waals surface area contributed by atoms with E-state index in [-0.39, 0.29) is 0 Å². The topological polar surface area (TPSA) is 77.0 Å². The fourth-order valence-corrected chi connectivity index (χ4v) is 2.69. The van der Waals surface area contributed by atoms with Crippen LogP contribution in [0.4, 0.5) is 6.01 Å². The van der Waals surface area contributed by atoms with Gasteiger partial charge in [0.1, 0.15) is 0 Å². The van der Waals surface area contributed by atoms with Crippen LogP contribution in [-0.4, -0.2) is 16.2 Å². The molecular formula is C12H22N4O. The molecule has 17 heavy (non-hydrogen) atoms. The summed E-state index contributed by atoms with van der Waals surface area (Å²) in [5.41, 5.74) is 5.45. The van der Waals surface area contributed by atoms with Crippen LogP contribution in [-0.2, 0) is 6.54 Å². The summed E-state index contributed by atoms with van der Waals surface area (Å²) in [5, 5.41) is 11.2. The van der Waals surface area contributed by atoms with E-state index in [0.29, 0.717) is 36.3 Å². The SMILES string of the molecule is CC(C)C1CCCCC1Nc1nnc(CN)o1. The maximum Gasteiger partial charge on any atom is 0.315 e. The monoisotopic (exact) mass is 238 g/mol. The molecule has 5 heteroatoms. The standard InChI is InChI=1S/C12H22N4O/c1-8(2)9-5-3-4-6-10(9)14-12-16-15-11(7-13)17-12/h8-10H,3-7,13H2,1-2H3,(H,14,16). The maximum atomic E-state index is 5.45. The van der Waals surface area contributed by atoms with Crippen molar-refractivity contribution in [1.82, 2.24) is 10.2 Å². The molecule has 2 atom stereocenters. The van der Waals surface area contributed by atoms with E-state index in [4.69, 9.17) is 10.2 Å². The molecule has 1 saturated carbocycles. The number of anilines is 1. The quantitative estimate of drug-likeness (QED) is 0.840. The van der Waals surface area contributed by atoms with Gasteiger partial charge in [0.2, 0.25) is 5.89 Å². The highest BCUT2D eigenvalue weighted by molar-refractivity contribution is 5.20. The lowest BCUT2D eigenvalue weighted by Crippen LogP contribution is -2.35. The molecule has 0 amide bonds. The average molecular weight is 238 g/mol. The molecule has 1 aromatic rings. The van der Waals surface area contributed by atoms with Gasteiger partial charge in [0, 0.05) is 6.04 Å². The van der Waals surface area contributed by atoms with Crippen molar-refractivity contribution in [2.75, 3.05) is 5.32 Å². The zero-order valence-corrected chi connectivity index (χ0v) is 10.6. The predicted molar refractivity (Wildman–Crippen MR) is 66.4 cm³/mol. The molecule has 0 aromatic carbocycles. The number of hydrogen-bond donors (Lipinski definition) is 2. The third-order valence-electron chi connectivity index (χ3n) is 3.63. The van der Waals surface area contributed by atoms with Crippen LogP contribution in [0.25, 0.3) is 0 Å². The first kappa shape index (κ1) is 12.4. The van der Waals surface area contributed by atoms with Gasteiger partial charge in [-0.15, -0.1) is 5.10 Å². The van der Waals surface area contributed by atoms with Crippen molar-refractivity contribution in [3.8, 4) is 0 Å². The fraction of sp³-hybridized carbons (Fsp3) is 0.833. The summed E-state index contributed by atoms with van der Waals surface area (Å²) in [6.45, 7) is 4.86. The summed E-state index contributed by atoms with van der Waals surface area (Å²) in [6.07, 6.45) is 5.08. The van der Waals surface area contributed by atoms with Crippen molar-refractivity contribution in [1.29, 1.82) is 0 Å². The smallest absolute Gasteiger partial charge is 0.315 e. The Hall–Kier alpha value is -1.10. The Morgan fingerprint density at radius 2 is 2.12 bits per heavy atom. The fourth-order valence-electron chi connectivity index (χ4n) is 2.69. The number of nitrogens with one attached hydrogen (secondary N) is 1. The summed E-state index contributed by atoms with van der Waals surface area (Å²) in [6, 6.07) is 0.970. The predicted octanol–water partition coefficient (Wildman–Crippen LogP) is 2.15. The Balaban J connectivity index is 2.00. The van der Waals surface area contributed by atoms with Crippen LogP contribution >= 0.6 is 0 Å². The van der Waals surface area contributed by atoms with Gasteiger partial charge in [-0.2, -0.15) is 0 Å². The van der Waals surface area contributed by atoms with E-state index < -0.39 is 0 Å². The van der Waals surface area contributed by atoms with Crippen LogP contribution in [0.15, 0.2) is 4.42 Å². The van der Waals surface area contributed by atoms with Crippen molar-refractivity contribution in [3.63, 3.8) is 0 Å². The molecule has 1 aliphatic rings. The molecular weight excluding hydrogens is 216 g/mol. The van der Waals surface area contributed by atoms with Crippen LogP contribution in [0.5, 0.6) is 0 Å². The Kier molecular flexibility index (Phi) is 3.99. The normalized spacial score (nSPS) is 25.2. The third kappa shape index (κ3) is 2.97. The summed E-state index contributed by atoms with van der Waals surface area (Å²) in [7, 11) is 0. The van der Waals surface area contributed by atoms with Gasteiger partial charge in [-0.25, -0.2) is 0 Å². The third-order valence-corrected chi connectivity index (χ3v) is 3.63. The van der Waals surface area contributed by atoms with E-state index >= 15 is 0 Å². The van der Waals surface area contributed by atoms with Gasteiger partial charge < -0.3 is 15.5 Å². The molecule has 1 fully saturated rings. The van der Waals surface area contributed by atoms with E-state index in [0.717, 1.165) is 0 Å². The van der Waals surface area contributed by atoms with Crippen molar-refractivity contribution < 1.29 is 4.42 Å². The number of nitrogens with two attached hydrogens (primary N) is 1. The minimum Gasteiger partial charge on any atom is -0.407 e. The van der Waals surface area contributed by atoms with Crippen LogP contribution in [0, 0.1) is 11.8 Å². The summed E-state index contributed by atoms with van der Waals surface area (Å²) in [4.78, 5) is 0. The second-order valence-electron chi connectivity index (χ2n) is 5.15. The Morgan fingerprint density at radius 3 is 2.76 bits per heavy atom. The van der Waals surface area contributed by atoms with Gasteiger partial charge in [-0.05, 0) is 24.7 Å². The van der Waals surface area contributed by atoms with Crippen molar-refractivity contribution >= 4 is 6.01 Å². The number of hydrogen-bond acceptors (Lipinski definition) is 5. The van der Waals surface area contributed by atoms with Gasteiger partial charge in [0.05, 0.1) is 6.54 Å². The van der Waals surface area contributed by atoms with E-state index in [1.165, 1.54) is 25.7 Å². The molecule has 0 bridgehead atoms. The van der Waals surface area contributed by atoms with E-state index in [1.54, 1.807) is 0 Å². The van der Waals surface area contributed by atoms with E-state index in [2.05, 4.69) is 29.4 Å². The minimum absolute atomic E-state index is 0.299. The molecule has 0 saturated heterocycles. The summed E-state index contributed by atoms with van der Waals surface area (Å²) < 4.78 is 5.41. The highest BCUT2D eigenvalue weighted by Crippen LogP contribution is 2.31. The van der Waals surface area contributed by atoms with Gasteiger partial charge >= 0.3 is 6.01 Å². The highest BCUT2D eigenvalue weighted by Gasteiger charge is 2.28. The molecule has 0 radical (unpaired) electrons. The molecule has 0 aliphatic heterocycles. The Morgan fingerprint density at radius 1 is 1.35 bits per heavy atom. The second-order valence-corrected chi connectivity index (χ2v) is 5.15. The first-order valence-electron chi connectivity index (χ1n) is 6.49. The molecule has 2 rings (SSSR count). The molecule has 1 aliphatic carbocycles. The number of aromatic nitrogens is 2. The largest absolute Gasteiger partial charge is 0.407 e. The van der Waals surface area contributed by atoms with Gasteiger partial charge in [-0.3, -0.25) is 0 Å². The van der Waals surface area contributed by atoms with Crippen molar-refractivity contribution in [3.05, 3.63) is 5.89 Å². The molecule has 0 spiro atoms. The molecule has 96 valence electrons. The second kappa shape index (κ2) is 5.49. The lowest BCUT2D eigenvalue weighted by molar-refractivity contribution is 0.250. The number of rotatable bonds is 4. The zero-order valence-electron chi connectivity index (χ0n) is 10.6. The summed E-state index contributed by atoms with van der Waals surface area (Å²) in [5.74, 6) is 1.87. The van der Waals surface area contributed by atoms with Gasteiger partial charge in [0.25, 0.3) is 0 Å². The number of nitrogens with zero attached hydrogens (tertiary/aromatic N) is 2. The first-order chi connectivity index (χ1) is 8.20. The zero-order chi connectivity index (χ0) is 12.3. The van der Waals surface area contributed by atoms with Gasteiger partial charge in [-0.1, -0.05) is 31.8 Å². The van der Waals surface area contributed by atoms with Crippen LogP contribution < -0.4 is 11.1 Å². The first-order valence-corrected chi connectivity index (χ1v) is 6.49. The average Bonchev–Trinajstić information content (AvgIpc) is 2.77. The minimum atomic E-state index is 0.299.